The van der Waals surface area contributed by atoms with E-state index >= 15 is 0 Å². The summed E-state index contributed by atoms with van der Waals surface area (Å²) in [6.07, 6.45) is 3.49. The first-order valence-electron chi connectivity index (χ1n) is 6.42. The van der Waals surface area contributed by atoms with Crippen molar-refractivity contribution in [3.63, 3.8) is 0 Å². The zero-order chi connectivity index (χ0) is 13.8. The van der Waals surface area contributed by atoms with Crippen LogP contribution in [0.5, 0.6) is 0 Å². The number of carbonyl (C=O) groups excluding carboxylic acids is 1. The molecule has 0 spiro atoms. The Bertz CT molecular complexity index is 561. The highest BCUT2D eigenvalue weighted by Crippen LogP contribution is 2.22. The van der Waals surface area contributed by atoms with Crippen LogP contribution < -0.4 is 10.2 Å². The van der Waals surface area contributed by atoms with E-state index in [1.807, 2.05) is 12.1 Å². The van der Waals surface area contributed by atoms with Gasteiger partial charge in [-0.2, -0.15) is 5.10 Å². The van der Waals surface area contributed by atoms with Crippen LogP contribution in [0.1, 0.15) is 12.8 Å². The Balaban J connectivity index is 1.64. The monoisotopic (exact) mass is 290 g/mol. The fourth-order valence-electron chi connectivity index (χ4n) is 2.30. The number of hydrogen-bond donors (Lipinski definition) is 1. The number of nitrogens with one attached hydrogen (secondary N) is 1. The van der Waals surface area contributed by atoms with Crippen molar-refractivity contribution in [3.8, 4) is 0 Å². The van der Waals surface area contributed by atoms with Crippen molar-refractivity contribution in [2.45, 2.75) is 12.8 Å². The third-order valence-electron chi connectivity index (χ3n) is 3.26. The third-order valence-corrected chi connectivity index (χ3v) is 3.87. The molecule has 0 radical (unpaired) electrons. The van der Waals surface area contributed by atoms with Crippen LogP contribution in [-0.4, -0.2) is 39.4 Å². The second-order valence-corrected chi connectivity index (χ2v) is 5.43. The molecule has 0 aliphatic carbocycles. The second kappa shape index (κ2) is 5.91. The lowest BCUT2D eigenvalue weighted by molar-refractivity contribution is -0.120. The summed E-state index contributed by atoms with van der Waals surface area (Å²) >= 11 is 1.32. The summed E-state index contributed by atoms with van der Waals surface area (Å²) in [5, 5.41) is 18.9. The van der Waals surface area contributed by atoms with Gasteiger partial charge >= 0.3 is 0 Å². The first-order valence-corrected chi connectivity index (χ1v) is 7.30. The van der Waals surface area contributed by atoms with Crippen molar-refractivity contribution in [1.29, 1.82) is 0 Å². The highest BCUT2D eigenvalue weighted by molar-refractivity contribution is 7.13. The molecule has 2 aromatic rings. The molecule has 1 amide bonds. The van der Waals surface area contributed by atoms with Gasteiger partial charge in [-0.3, -0.25) is 4.79 Å². The summed E-state index contributed by atoms with van der Waals surface area (Å²) in [5.41, 5.74) is 1.60. The Kier molecular flexibility index (Phi) is 3.82. The Hall–Kier alpha value is -2.09. The SMILES string of the molecule is O=C(Nc1nncs1)C1CCCN(c2cccnn2)C1. The van der Waals surface area contributed by atoms with E-state index in [9.17, 15) is 4.79 Å². The molecule has 0 bridgehead atoms. The number of hydrogen-bond acceptors (Lipinski definition) is 7. The largest absolute Gasteiger partial charge is 0.354 e. The van der Waals surface area contributed by atoms with Crippen LogP contribution in [-0.2, 0) is 4.79 Å². The summed E-state index contributed by atoms with van der Waals surface area (Å²) in [7, 11) is 0. The van der Waals surface area contributed by atoms with Crippen molar-refractivity contribution in [1.82, 2.24) is 20.4 Å². The summed E-state index contributed by atoms with van der Waals surface area (Å²) in [4.78, 5) is 14.3. The lowest BCUT2D eigenvalue weighted by Gasteiger charge is -2.32. The molecule has 7 nitrogen and oxygen atoms in total. The van der Waals surface area contributed by atoms with Gasteiger partial charge in [0.15, 0.2) is 5.82 Å². The highest BCUT2D eigenvalue weighted by Gasteiger charge is 2.27. The lowest BCUT2D eigenvalue weighted by atomic mass is 9.97. The van der Waals surface area contributed by atoms with Gasteiger partial charge in [-0.15, -0.1) is 15.3 Å². The predicted molar refractivity (Wildman–Crippen MR) is 75.5 cm³/mol. The van der Waals surface area contributed by atoms with Crippen LogP contribution in [0.2, 0.25) is 0 Å². The van der Waals surface area contributed by atoms with Crippen LogP contribution in [0.25, 0.3) is 0 Å². The molecule has 2 aromatic heterocycles. The summed E-state index contributed by atoms with van der Waals surface area (Å²) < 4.78 is 0. The molecule has 1 aliphatic rings. The first kappa shape index (κ1) is 12.9. The van der Waals surface area contributed by atoms with Gasteiger partial charge in [0.1, 0.15) is 5.51 Å². The quantitative estimate of drug-likeness (QED) is 0.914. The number of anilines is 2. The fraction of sp³-hybridized carbons (Fsp3) is 0.417. The minimum absolute atomic E-state index is 0.00431. The van der Waals surface area contributed by atoms with Gasteiger partial charge in [-0.05, 0) is 25.0 Å². The number of nitrogens with zero attached hydrogens (tertiary/aromatic N) is 5. The Morgan fingerprint density at radius 3 is 3.10 bits per heavy atom. The fourth-order valence-corrected chi connectivity index (χ4v) is 2.74. The Labute approximate surface area is 120 Å². The smallest absolute Gasteiger partial charge is 0.231 e. The Morgan fingerprint density at radius 2 is 2.35 bits per heavy atom. The van der Waals surface area contributed by atoms with Crippen LogP contribution in [0.3, 0.4) is 0 Å². The molecule has 1 N–H and O–H groups in total. The maximum Gasteiger partial charge on any atom is 0.231 e. The van der Waals surface area contributed by atoms with Gasteiger partial charge in [-0.1, -0.05) is 11.3 Å². The minimum Gasteiger partial charge on any atom is -0.354 e. The van der Waals surface area contributed by atoms with E-state index in [4.69, 9.17) is 0 Å². The van der Waals surface area contributed by atoms with E-state index < -0.39 is 0 Å². The molecule has 1 unspecified atom stereocenters. The predicted octanol–water partition coefficient (Wildman–Crippen LogP) is 1.18. The van der Waals surface area contributed by atoms with Crippen molar-refractivity contribution in [2.75, 3.05) is 23.3 Å². The number of aromatic nitrogens is 4. The third kappa shape index (κ3) is 2.90. The molecule has 104 valence electrons. The van der Waals surface area contributed by atoms with Crippen molar-refractivity contribution < 1.29 is 4.79 Å². The molecule has 1 aliphatic heterocycles. The summed E-state index contributed by atoms with van der Waals surface area (Å²) in [6.45, 7) is 1.56. The lowest BCUT2D eigenvalue weighted by Crippen LogP contribution is -2.41. The van der Waals surface area contributed by atoms with Crippen LogP contribution in [0.15, 0.2) is 23.8 Å². The molecule has 3 rings (SSSR count). The maximum absolute atomic E-state index is 12.2. The standard InChI is InChI=1S/C12H14N6OS/c19-11(15-12-17-14-8-20-12)9-3-2-6-18(7-9)10-4-1-5-13-16-10/h1,4-5,8-9H,2-3,6-7H2,(H,15,17,19). The van der Waals surface area contributed by atoms with Crippen molar-refractivity contribution in [3.05, 3.63) is 23.8 Å². The van der Waals surface area contributed by atoms with E-state index in [2.05, 4.69) is 30.6 Å². The zero-order valence-corrected chi connectivity index (χ0v) is 11.6. The van der Waals surface area contributed by atoms with Gasteiger partial charge in [-0.25, -0.2) is 0 Å². The molecule has 0 aromatic carbocycles. The first-order chi connectivity index (χ1) is 9.83. The summed E-state index contributed by atoms with van der Waals surface area (Å²) in [6, 6.07) is 3.77. The minimum atomic E-state index is -0.0605. The molecular weight excluding hydrogens is 276 g/mol. The van der Waals surface area contributed by atoms with E-state index in [1.54, 1.807) is 11.7 Å². The number of carbonyl (C=O) groups is 1. The van der Waals surface area contributed by atoms with E-state index in [0.29, 0.717) is 11.7 Å². The number of rotatable bonds is 3. The van der Waals surface area contributed by atoms with Crippen LogP contribution >= 0.6 is 11.3 Å². The van der Waals surface area contributed by atoms with E-state index in [1.165, 1.54) is 11.3 Å². The average Bonchev–Trinajstić information content (AvgIpc) is 3.01. The van der Waals surface area contributed by atoms with Gasteiger partial charge in [0.2, 0.25) is 11.0 Å². The average molecular weight is 290 g/mol. The van der Waals surface area contributed by atoms with Crippen LogP contribution in [0, 0.1) is 5.92 Å². The maximum atomic E-state index is 12.2. The molecule has 0 saturated carbocycles. The molecule has 1 saturated heterocycles. The number of piperidine rings is 1. The van der Waals surface area contributed by atoms with E-state index in [0.717, 1.165) is 25.2 Å². The molecular formula is C12H14N6OS. The molecule has 1 atom stereocenters. The number of amides is 1. The van der Waals surface area contributed by atoms with Gasteiger partial charge in [0, 0.05) is 19.3 Å². The van der Waals surface area contributed by atoms with Gasteiger partial charge in [0.25, 0.3) is 0 Å². The molecule has 3 heterocycles. The normalized spacial score (nSPS) is 18.8. The molecule has 1 fully saturated rings. The van der Waals surface area contributed by atoms with E-state index in [-0.39, 0.29) is 11.8 Å². The van der Waals surface area contributed by atoms with Gasteiger partial charge in [0.05, 0.1) is 5.92 Å². The zero-order valence-electron chi connectivity index (χ0n) is 10.8. The highest BCUT2D eigenvalue weighted by atomic mass is 32.1. The topological polar surface area (TPSA) is 83.9 Å². The molecule has 20 heavy (non-hydrogen) atoms. The second-order valence-electron chi connectivity index (χ2n) is 4.60. The molecule has 8 heteroatoms. The van der Waals surface area contributed by atoms with Crippen molar-refractivity contribution >= 4 is 28.2 Å². The Morgan fingerprint density at radius 1 is 1.40 bits per heavy atom. The van der Waals surface area contributed by atoms with Crippen LogP contribution in [0.4, 0.5) is 10.9 Å². The van der Waals surface area contributed by atoms with Crippen molar-refractivity contribution in [2.24, 2.45) is 5.92 Å². The van der Waals surface area contributed by atoms with Gasteiger partial charge < -0.3 is 10.2 Å². The summed E-state index contributed by atoms with van der Waals surface area (Å²) in [5.74, 6) is 0.755.